The van der Waals surface area contributed by atoms with E-state index in [-0.39, 0.29) is 5.92 Å². The highest BCUT2D eigenvalue weighted by Crippen LogP contribution is 2.53. The van der Waals surface area contributed by atoms with E-state index in [9.17, 15) is 19.8 Å². The van der Waals surface area contributed by atoms with E-state index in [2.05, 4.69) is 6.92 Å². The van der Waals surface area contributed by atoms with Crippen molar-refractivity contribution in [2.24, 2.45) is 29.1 Å². The van der Waals surface area contributed by atoms with Gasteiger partial charge in [0.15, 0.2) is 0 Å². The predicted molar refractivity (Wildman–Crippen MR) is 66.1 cm³/mol. The molecule has 18 heavy (non-hydrogen) atoms. The maximum atomic E-state index is 11.6. The number of hydrogen-bond acceptors (Lipinski definition) is 2. The molecule has 2 N–H and O–H groups in total. The quantitative estimate of drug-likeness (QED) is 0.794. The zero-order valence-electron chi connectivity index (χ0n) is 11.1. The van der Waals surface area contributed by atoms with Crippen molar-refractivity contribution in [2.45, 2.75) is 46.0 Å². The third-order valence-corrected chi connectivity index (χ3v) is 5.21. The van der Waals surface area contributed by atoms with Crippen molar-refractivity contribution in [3.05, 3.63) is 0 Å². The molecule has 0 amide bonds. The van der Waals surface area contributed by atoms with Crippen LogP contribution in [0.4, 0.5) is 0 Å². The highest BCUT2D eigenvalue weighted by molar-refractivity contribution is 5.83. The first kappa shape index (κ1) is 13.4. The number of hydrogen-bond donors (Lipinski definition) is 2. The Morgan fingerprint density at radius 1 is 1.17 bits per heavy atom. The van der Waals surface area contributed by atoms with Crippen LogP contribution in [0.5, 0.6) is 0 Å². The largest absolute Gasteiger partial charge is 0.481 e. The van der Waals surface area contributed by atoms with Crippen LogP contribution in [0.2, 0.25) is 0 Å². The molecule has 5 unspecified atom stereocenters. The van der Waals surface area contributed by atoms with Crippen LogP contribution in [0.25, 0.3) is 0 Å². The Bertz CT molecular complexity index is 365. The summed E-state index contributed by atoms with van der Waals surface area (Å²) in [5.41, 5.74) is -1.09. The van der Waals surface area contributed by atoms with Gasteiger partial charge in [-0.05, 0) is 50.4 Å². The van der Waals surface area contributed by atoms with E-state index in [1.54, 1.807) is 6.92 Å². The average molecular weight is 254 g/mol. The molecule has 0 heterocycles. The smallest absolute Gasteiger partial charge is 0.310 e. The summed E-state index contributed by atoms with van der Waals surface area (Å²) in [5.74, 6) is -1.63. The molecule has 0 aliphatic heterocycles. The van der Waals surface area contributed by atoms with Gasteiger partial charge in [0.25, 0.3) is 0 Å². The Hall–Kier alpha value is -1.06. The molecule has 0 spiro atoms. The Morgan fingerprint density at radius 3 is 2.39 bits per heavy atom. The molecule has 2 fully saturated rings. The number of carboxylic acid groups (broad SMARTS) is 2. The number of fused-ring (bicyclic) bond motifs is 1. The van der Waals surface area contributed by atoms with E-state index in [0.717, 1.165) is 25.7 Å². The monoisotopic (exact) mass is 254 g/mol. The molecule has 0 saturated heterocycles. The SMILES string of the molecule is CC1CCC2CCC(C)(C(=O)O)C(C(=O)O)C2C1. The third-order valence-electron chi connectivity index (χ3n) is 5.21. The highest BCUT2D eigenvalue weighted by atomic mass is 16.4. The van der Waals surface area contributed by atoms with Gasteiger partial charge < -0.3 is 10.2 Å². The van der Waals surface area contributed by atoms with Crippen LogP contribution in [0, 0.1) is 29.1 Å². The molecule has 0 radical (unpaired) electrons. The van der Waals surface area contributed by atoms with Gasteiger partial charge >= 0.3 is 11.9 Å². The number of carbonyl (C=O) groups is 2. The van der Waals surface area contributed by atoms with Crippen LogP contribution in [-0.4, -0.2) is 22.2 Å². The summed E-state index contributed by atoms with van der Waals surface area (Å²) in [5, 5.41) is 18.9. The molecule has 102 valence electrons. The van der Waals surface area contributed by atoms with E-state index in [1.807, 2.05) is 0 Å². The summed E-state index contributed by atoms with van der Waals surface area (Å²) in [4.78, 5) is 23.1. The number of rotatable bonds is 2. The second-order valence-electron chi connectivity index (χ2n) is 6.42. The first-order valence-corrected chi connectivity index (χ1v) is 6.82. The molecule has 5 atom stereocenters. The predicted octanol–water partition coefficient (Wildman–Crippen LogP) is 2.62. The van der Waals surface area contributed by atoms with E-state index in [0.29, 0.717) is 18.3 Å². The fourth-order valence-electron chi connectivity index (χ4n) is 4.06. The Morgan fingerprint density at radius 2 is 1.83 bits per heavy atom. The van der Waals surface area contributed by atoms with Gasteiger partial charge in [-0.2, -0.15) is 0 Å². The van der Waals surface area contributed by atoms with Gasteiger partial charge in [-0.25, -0.2) is 0 Å². The molecule has 0 aromatic heterocycles. The van der Waals surface area contributed by atoms with Crippen LogP contribution in [0.15, 0.2) is 0 Å². The Kier molecular flexibility index (Phi) is 3.39. The van der Waals surface area contributed by atoms with Crippen LogP contribution in [0.3, 0.4) is 0 Å². The van der Waals surface area contributed by atoms with E-state index < -0.39 is 23.3 Å². The second-order valence-corrected chi connectivity index (χ2v) is 6.42. The normalized spacial score (nSPS) is 44.1. The molecule has 4 heteroatoms. The summed E-state index contributed by atoms with van der Waals surface area (Å²) in [6.45, 7) is 3.76. The van der Waals surface area contributed by atoms with Gasteiger partial charge in [0.05, 0.1) is 11.3 Å². The standard InChI is InChI=1S/C14H22O4/c1-8-3-4-9-5-6-14(2,13(17)18)11(12(15)16)10(9)7-8/h8-11H,3-7H2,1-2H3,(H,15,16)(H,17,18). The van der Waals surface area contributed by atoms with Gasteiger partial charge in [0, 0.05) is 0 Å². The van der Waals surface area contributed by atoms with E-state index in [4.69, 9.17) is 0 Å². The summed E-state index contributed by atoms with van der Waals surface area (Å²) in [6.07, 6.45) is 4.44. The molecule has 0 bridgehead atoms. The minimum absolute atomic E-state index is 0.0427. The molecular weight excluding hydrogens is 232 g/mol. The van der Waals surface area contributed by atoms with Gasteiger partial charge in [0.1, 0.15) is 0 Å². The fraction of sp³-hybridized carbons (Fsp3) is 0.857. The minimum atomic E-state index is -1.09. The summed E-state index contributed by atoms with van der Waals surface area (Å²) < 4.78 is 0. The van der Waals surface area contributed by atoms with E-state index >= 15 is 0 Å². The van der Waals surface area contributed by atoms with Crippen molar-refractivity contribution in [1.82, 2.24) is 0 Å². The number of aliphatic carboxylic acids is 2. The summed E-state index contributed by atoms with van der Waals surface area (Å²) in [6, 6.07) is 0. The molecule has 2 rings (SSSR count). The average Bonchev–Trinajstić information content (AvgIpc) is 2.27. The molecule has 0 aromatic carbocycles. The van der Waals surface area contributed by atoms with Gasteiger partial charge in [-0.15, -0.1) is 0 Å². The number of carboxylic acids is 2. The topological polar surface area (TPSA) is 74.6 Å². The maximum Gasteiger partial charge on any atom is 0.310 e. The van der Waals surface area contributed by atoms with Gasteiger partial charge in [-0.3, -0.25) is 9.59 Å². The Labute approximate surface area is 107 Å². The maximum absolute atomic E-state index is 11.6. The zero-order valence-corrected chi connectivity index (χ0v) is 11.1. The zero-order chi connectivity index (χ0) is 13.5. The lowest BCUT2D eigenvalue weighted by molar-refractivity contribution is -0.172. The van der Waals surface area contributed by atoms with E-state index in [1.165, 1.54) is 0 Å². The second kappa shape index (κ2) is 4.56. The van der Waals surface area contributed by atoms with Crippen LogP contribution >= 0.6 is 0 Å². The van der Waals surface area contributed by atoms with Crippen LogP contribution in [0.1, 0.15) is 46.0 Å². The molecule has 4 nitrogen and oxygen atoms in total. The molecule has 2 aliphatic carbocycles. The van der Waals surface area contributed by atoms with Crippen LogP contribution < -0.4 is 0 Å². The first-order valence-electron chi connectivity index (χ1n) is 6.82. The summed E-state index contributed by atoms with van der Waals surface area (Å²) >= 11 is 0. The lowest BCUT2D eigenvalue weighted by Gasteiger charge is -2.48. The lowest BCUT2D eigenvalue weighted by atomic mass is 9.54. The molecular formula is C14H22O4. The van der Waals surface area contributed by atoms with Gasteiger partial charge in [-0.1, -0.05) is 13.3 Å². The van der Waals surface area contributed by atoms with Crippen molar-refractivity contribution < 1.29 is 19.8 Å². The third kappa shape index (κ3) is 2.02. The van der Waals surface area contributed by atoms with Crippen molar-refractivity contribution in [3.63, 3.8) is 0 Å². The Balaban J connectivity index is 2.33. The fourth-order valence-corrected chi connectivity index (χ4v) is 4.06. The minimum Gasteiger partial charge on any atom is -0.481 e. The first-order chi connectivity index (χ1) is 8.36. The van der Waals surface area contributed by atoms with Crippen molar-refractivity contribution in [1.29, 1.82) is 0 Å². The van der Waals surface area contributed by atoms with Crippen molar-refractivity contribution >= 4 is 11.9 Å². The highest BCUT2D eigenvalue weighted by Gasteiger charge is 2.55. The van der Waals surface area contributed by atoms with Gasteiger partial charge in [0.2, 0.25) is 0 Å². The van der Waals surface area contributed by atoms with Crippen LogP contribution in [-0.2, 0) is 9.59 Å². The molecule has 2 saturated carbocycles. The molecule has 2 aliphatic rings. The van der Waals surface area contributed by atoms with Crippen molar-refractivity contribution in [2.75, 3.05) is 0 Å². The summed E-state index contributed by atoms with van der Waals surface area (Å²) in [7, 11) is 0. The lowest BCUT2D eigenvalue weighted by Crippen LogP contribution is -2.51. The van der Waals surface area contributed by atoms with Crippen molar-refractivity contribution in [3.8, 4) is 0 Å². The molecule has 0 aromatic rings.